The molecule has 0 aliphatic rings. The Morgan fingerprint density at radius 1 is 0.898 bits per heavy atom. The minimum Gasteiger partial charge on any atom is -0.354 e. The number of nitrogens with zero attached hydrogens (tertiary/aromatic N) is 2. The zero-order valence-electron chi connectivity index (χ0n) is 26.9. The van der Waals surface area contributed by atoms with Crippen LogP contribution in [0.3, 0.4) is 0 Å². The van der Waals surface area contributed by atoms with Crippen LogP contribution in [0.1, 0.15) is 42.0 Å². The number of hydrogen-bond donors (Lipinski definition) is 1. The van der Waals surface area contributed by atoms with Gasteiger partial charge >= 0.3 is 6.18 Å². The third-order valence-corrected chi connectivity index (χ3v) is 10.2. The van der Waals surface area contributed by atoms with E-state index in [0.29, 0.717) is 33.9 Å². The Hall–Kier alpha value is -4.06. The molecule has 4 rings (SSSR count). The van der Waals surface area contributed by atoms with Gasteiger partial charge in [0.1, 0.15) is 12.6 Å². The normalized spacial score (nSPS) is 12.3. The van der Waals surface area contributed by atoms with E-state index in [9.17, 15) is 31.2 Å². The zero-order chi connectivity index (χ0) is 35.8. The molecule has 0 unspecified atom stereocenters. The van der Waals surface area contributed by atoms with Gasteiger partial charge in [0, 0.05) is 29.6 Å². The predicted octanol–water partition coefficient (Wildman–Crippen LogP) is 8.07. The Balaban J connectivity index is 1.85. The number of rotatable bonds is 14. The fourth-order valence-corrected chi connectivity index (χ4v) is 6.97. The lowest BCUT2D eigenvalue weighted by atomic mass is 10.0. The van der Waals surface area contributed by atoms with Gasteiger partial charge in [-0.1, -0.05) is 96.7 Å². The fourth-order valence-electron chi connectivity index (χ4n) is 5.10. The van der Waals surface area contributed by atoms with Crippen molar-refractivity contribution in [2.75, 3.05) is 17.4 Å². The molecule has 1 N–H and O–H groups in total. The van der Waals surface area contributed by atoms with Gasteiger partial charge in [-0.05, 0) is 66.9 Å². The summed E-state index contributed by atoms with van der Waals surface area (Å²) in [6.07, 6.45) is -3.24. The van der Waals surface area contributed by atoms with E-state index in [1.807, 2.05) is 6.92 Å². The molecule has 1 atom stereocenters. The second-order valence-electron chi connectivity index (χ2n) is 11.5. The number of anilines is 1. The SMILES string of the molecule is CCCCNC(=O)[C@@H](Cc1ccccc1)N(Cc1ccc(Cl)cc1Cl)C(=O)CN(c1cccc(C(F)(F)F)c1)S(=O)(=O)c1ccc(C)cc1. The molecule has 49 heavy (non-hydrogen) atoms. The van der Waals surface area contributed by atoms with Crippen molar-refractivity contribution < 1.29 is 31.2 Å². The van der Waals surface area contributed by atoms with E-state index in [1.54, 1.807) is 61.5 Å². The topological polar surface area (TPSA) is 86.8 Å². The van der Waals surface area contributed by atoms with E-state index >= 15 is 0 Å². The maximum absolute atomic E-state index is 14.5. The smallest absolute Gasteiger partial charge is 0.354 e. The highest BCUT2D eigenvalue weighted by Crippen LogP contribution is 2.34. The molecule has 0 spiro atoms. The van der Waals surface area contributed by atoms with E-state index in [0.717, 1.165) is 29.7 Å². The van der Waals surface area contributed by atoms with Crippen LogP contribution in [-0.4, -0.2) is 44.3 Å². The fraction of sp³-hybridized carbons (Fsp3) is 0.278. The van der Waals surface area contributed by atoms with Gasteiger partial charge in [-0.2, -0.15) is 13.2 Å². The van der Waals surface area contributed by atoms with Gasteiger partial charge < -0.3 is 10.2 Å². The first-order valence-electron chi connectivity index (χ1n) is 15.5. The first kappa shape index (κ1) is 37.8. The average molecular weight is 735 g/mol. The maximum atomic E-state index is 14.5. The van der Waals surface area contributed by atoms with Crippen molar-refractivity contribution in [1.82, 2.24) is 10.2 Å². The lowest BCUT2D eigenvalue weighted by Gasteiger charge is -2.34. The molecule has 13 heteroatoms. The summed E-state index contributed by atoms with van der Waals surface area (Å²) >= 11 is 12.6. The molecule has 0 fully saturated rings. The van der Waals surface area contributed by atoms with Crippen LogP contribution < -0.4 is 9.62 Å². The lowest BCUT2D eigenvalue weighted by molar-refractivity contribution is -0.140. The second kappa shape index (κ2) is 16.6. The molecule has 0 aromatic heterocycles. The minimum absolute atomic E-state index is 0.0595. The van der Waals surface area contributed by atoms with E-state index in [4.69, 9.17) is 23.2 Å². The summed E-state index contributed by atoms with van der Waals surface area (Å²) in [7, 11) is -4.60. The Morgan fingerprint density at radius 3 is 2.22 bits per heavy atom. The highest BCUT2D eigenvalue weighted by Gasteiger charge is 2.36. The van der Waals surface area contributed by atoms with Gasteiger partial charge in [-0.15, -0.1) is 0 Å². The molecule has 4 aromatic carbocycles. The molecule has 7 nitrogen and oxygen atoms in total. The van der Waals surface area contributed by atoms with Crippen molar-refractivity contribution in [2.45, 2.75) is 56.8 Å². The van der Waals surface area contributed by atoms with E-state index < -0.39 is 46.2 Å². The number of aryl methyl sites for hydroxylation is 1. The van der Waals surface area contributed by atoms with Crippen LogP contribution in [0.2, 0.25) is 10.0 Å². The summed E-state index contributed by atoms with van der Waals surface area (Å²) in [6.45, 7) is 2.90. The summed E-state index contributed by atoms with van der Waals surface area (Å²) in [5.74, 6) is -1.33. The number of benzene rings is 4. The zero-order valence-corrected chi connectivity index (χ0v) is 29.2. The number of amides is 2. The van der Waals surface area contributed by atoms with Gasteiger partial charge in [0.2, 0.25) is 11.8 Å². The Morgan fingerprint density at radius 2 is 1.59 bits per heavy atom. The standard InChI is InChI=1S/C36H36Cl2F3N3O4S/c1-3-4-19-42-35(46)33(20-26-9-6-5-7-10-26)43(23-27-15-16-29(37)22-32(27)38)34(45)24-44(30-12-8-11-28(21-30)36(39,40)41)49(47,48)31-17-13-25(2)14-18-31/h5-18,21-22,33H,3-4,19-20,23-24H2,1-2H3,(H,42,46)/t33-/m1/s1. The summed E-state index contributed by atoms with van der Waals surface area (Å²) in [6, 6.07) is 21.9. The largest absolute Gasteiger partial charge is 0.416 e. The number of nitrogens with one attached hydrogen (secondary N) is 1. The monoisotopic (exact) mass is 733 g/mol. The molecule has 0 saturated heterocycles. The van der Waals surface area contributed by atoms with Crippen molar-refractivity contribution in [3.8, 4) is 0 Å². The van der Waals surface area contributed by atoms with Gasteiger partial charge in [0.05, 0.1) is 16.1 Å². The Kier molecular flexibility index (Phi) is 12.8. The lowest BCUT2D eigenvalue weighted by Crippen LogP contribution is -2.53. The van der Waals surface area contributed by atoms with Gasteiger partial charge in [-0.25, -0.2) is 8.42 Å². The predicted molar refractivity (Wildman–Crippen MR) is 186 cm³/mol. The molecule has 0 saturated carbocycles. The number of sulfonamides is 1. The third-order valence-electron chi connectivity index (χ3n) is 7.81. The number of alkyl halides is 3. The number of hydrogen-bond acceptors (Lipinski definition) is 4. The second-order valence-corrected chi connectivity index (χ2v) is 14.2. The molecular formula is C36H36Cl2F3N3O4S. The number of carbonyl (C=O) groups is 2. The minimum atomic E-state index is -4.78. The van der Waals surface area contributed by atoms with Gasteiger partial charge in [0.15, 0.2) is 0 Å². The van der Waals surface area contributed by atoms with Crippen LogP contribution in [0.25, 0.3) is 0 Å². The maximum Gasteiger partial charge on any atom is 0.416 e. The Bertz CT molecular complexity index is 1860. The molecule has 0 aliphatic heterocycles. The van der Waals surface area contributed by atoms with Crippen molar-refractivity contribution in [3.05, 3.63) is 129 Å². The van der Waals surface area contributed by atoms with E-state index in [1.165, 1.54) is 29.2 Å². The van der Waals surface area contributed by atoms with Crippen molar-refractivity contribution in [2.24, 2.45) is 0 Å². The van der Waals surface area contributed by atoms with E-state index in [-0.39, 0.29) is 28.6 Å². The highest BCUT2D eigenvalue weighted by molar-refractivity contribution is 7.92. The summed E-state index contributed by atoms with van der Waals surface area (Å²) < 4.78 is 70.4. The first-order chi connectivity index (χ1) is 23.2. The van der Waals surface area contributed by atoms with Crippen molar-refractivity contribution in [3.63, 3.8) is 0 Å². The van der Waals surface area contributed by atoms with Crippen LogP contribution in [0.15, 0.2) is 102 Å². The summed E-state index contributed by atoms with van der Waals surface area (Å²) in [5, 5.41) is 3.42. The molecule has 0 radical (unpaired) electrons. The number of unbranched alkanes of at least 4 members (excludes halogenated alkanes) is 1. The quantitative estimate of drug-likeness (QED) is 0.133. The molecular weight excluding hydrogens is 698 g/mol. The van der Waals surface area contributed by atoms with Crippen molar-refractivity contribution in [1.29, 1.82) is 0 Å². The third kappa shape index (κ3) is 9.99. The summed E-state index contributed by atoms with van der Waals surface area (Å²) in [5.41, 5.74) is 0.430. The van der Waals surface area contributed by atoms with Gasteiger partial charge in [-0.3, -0.25) is 13.9 Å². The first-order valence-corrected chi connectivity index (χ1v) is 17.7. The van der Waals surface area contributed by atoms with Crippen LogP contribution in [0.5, 0.6) is 0 Å². The van der Waals surface area contributed by atoms with Crippen LogP contribution in [0, 0.1) is 6.92 Å². The van der Waals surface area contributed by atoms with E-state index in [2.05, 4.69) is 5.32 Å². The average Bonchev–Trinajstić information content (AvgIpc) is 3.06. The van der Waals surface area contributed by atoms with Crippen LogP contribution >= 0.6 is 23.2 Å². The molecule has 0 heterocycles. The number of carbonyl (C=O) groups excluding carboxylic acids is 2. The molecule has 260 valence electrons. The van der Waals surface area contributed by atoms with Crippen LogP contribution in [0.4, 0.5) is 18.9 Å². The number of halogens is 5. The molecule has 0 aliphatic carbocycles. The molecule has 0 bridgehead atoms. The van der Waals surface area contributed by atoms with Crippen molar-refractivity contribution >= 4 is 50.7 Å². The Labute approximate surface area is 294 Å². The highest BCUT2D eigenvalue weighted by atomic mass is 35.5. The molecule has 4 aromatic rings. The van der Waals surface area contributed by atoms with Gasteiger partial charge in [0.25, 0.3) is 10.0 Å². The van der Waals surface area contributed by atoms with Crippen LogP contribution in [-0.2, 0) is 38.8 Å². The summed E-state index contributed by atoms with van der Waals surface area (Å²) in [4.78, 5) is 29.4. The molecule has 2 amide bonds.